The summed E-state index contributed by atoms with van der Waals surface area (Å²) in [5.74, 6) is 2.09. The van der Waals surface area contributed by atoms with Crippen LogP contribution >= 0.6 is 0 Å². The van der Waals surface area contributed by atoms with Gasteiger partial charge in [0, 0.05) is 82.5 Å². The number of ether oxygens (including phenoxy) is 1. The molecule has 0 unspecified atom stereocenters. The molecule has 2 saturated heterocycles. The number of nitrogens with zero attached hydrogens (tertiary/aromatic N) is 5. The van der Waals surface area contributed by atoms with Crippen molar-refractivity contribution in [2.45, 2.75) is 38.4 Å². The highest BCUT2D eigenvalue weighted by atomic mass is 16.5. The summed E-state index contributed by atoms with van der Waals surface area (Å²) >= 11 is 0. The standard InChI is InChI=1S/C22H31N5O2/c1-24-7-5-23-21(24)16-26-12-17-11-19(15-26)20-4-3-18(22(28)27(20)13-17)14-25-6-2-9-29-10-8-25/h3-5,7,17,19H,2,6,8-16H2,1H3/t17-,19+/m0/s1. The second-order valence-electron chi connectivity index (χ2n) is 8.89. The molecular formula is C22H31N5O2. The van der Waals surface area contributed by atoms with Gasteiger partial charge in [0.15, 0.2) is 0 Å². The van der Waals surface area contributed by atoms with Crippen LogP contribution in [0.3, 0.4) is 0 Å². The zero-order valence-electron chi connectivity index (χ0n) is 17.3. The van der Waals surface area contributed by atoms with Gasteiger partial charge in [-0.1, -0.05) is 6.07 Å². The molecular weight excluding hydrogens is 366 g/mol. The minimum absolute atomic E-state index is 0.222. The van der Waals surface area contributed by atoms with Crippen molar-refractivity contribution < 1.29 is 4.74 Å². The minimum Gasteiger partial charge on any atom is -0.380 e. The summed E-state index contributed by atoms with van der Waals surface area (Å²) in [6, 6.07) is 4.30. The summed E-state index contributed by atoms with van der Waals surface area (Å²) < 4.78 is 9.74. The number of imidazole rings is 1. The number of rotatable bonds is 4. The molecule has 0 amide bonds. The Balaban J connectivity index is 1.33. The van der Waals surface area contributed by atoms with Crippen LogP contribution in [0.4, 0.5) is 0 Å². The van der Waals surface area contributed by atoms with Crippen molar-refractivity contribution in [3.05, 3.63) is 52.0 Å². The zero-order chi connectivity index (χ0) is 19.8. The first-order valence-corrected chi connectivity index (χ1v) is 10.9. The lowest BCUT2D eigenvalue weighted by atomic mass is 9.83. The smallest absolute Gasteiger partial charge is 0.255 e. The summed E-state index contributed by atoms with van der Waals surface area (Å²) in [5.41, 5.74) is 2.37. The van der Waals surface area contributed by atoms with Gasteiger partial charge in [0.05, 0.1) is 13.2 Å². The van der Waals surface area contributed by atoms with Gasteiger partial charge < -0.3 is 13.9 Å². The average molecular weight is 398 g/mol. The van der Waals surface area contributed by atoms with Crippen LogP contribution in [0.15, 0.2) is 29.3 Å². The Morgan fingerprint density at radius 1 is 1.10 bits per heavy atom. The van der Waals surface area contributed by atoms with Crippen LogP contribution < -0.4 is 5.56 Å². The number of pyridine rings is 1. The van der Waals surface area contributed by atoms with Crippen LogP contribution in [-0.4, -0.2) is 63.3 Å². The summed E-state index contributed by atoms with van der Waals surface area (Å²) in [6.07, 6.45) is 6.11. The van der Waals surface area contributed by atoms with E-state index in [2.05, 4.69) is 43.1 Å². The molecule has 7 nitrogen and oxygen atoms in total. The highest BCUT2D eigenvalue weighted by molar-refractivity contribution is 5.22. The molecule has 2 atom stereocenters. The van der Waals surface area contributed by atoms with E-state index < -0.39 is 0 Å². The van der Waals surface area contributed by atoms with E-state index >= 15 is 0 Å². The van der Waals surface area contributed by atoms with Gasteiger partial charge in [-0.2, -0.15) is 0 Å². The molecule has 3 aliphatic rings. The number of hydrogen-bond acceptors (Lipinski definition) is 5. The molecule has 0 N–H and O–H groups in total. The van der Waals surface area contributed by atoms with E-state index in [1.54, 1.807) is 0 Å². The van der Waals surface area contributed by atoms with Gasteiger partial charge in [-0.25, -0.2) is 4.98 Å². The first kappa shape index (κ1) is 19.0. The molecule has 29 heavy (non-hydrogen) atoms. The van der Waals surface area contributed by atoms with E-state index in [0.29, 0.717) is 11.8 Å². The Morgan fingerprint density at radius 2 is 2.03 bits per heavy atom. The average Bonchev–Trinajstić information content (AvgIpc) is 2.95. The molecule has 0 saturated carbocycles. The first-order valence-electron chi connectivity index (χ1n) is 10.9. The van der Waals surface area contributed by atoms with E-state index in [9.17, 15) is 4.79 Å². The second kappa shape index (κ2) is 8.05. The summed E-state index contributed by atoms with van der Waals surface area (Å²) in [5, 5.41) is 0. The number of aromatic nitrogens is 3. The number of aryl methyl sites for hydroxylation is 1. The third-order valence-electron chi connectivity index (χ3n) is 6.75. The van der Waals surface area contributed by atoms with Crippen LogP contribution in [0, 0.1) is 5.92 Å². The lowest BCUT2D eigenvalue weighted by Crippen LogP contribution is -2.47. The maximum atomic E-state index is 13.3. The van der Waals surface area contributed by atoms with Crippen LogP contribution in [0.5, 0.6) is 0 Å². The van der Waals surface area contributed by atoms with Gasteiger partial charge in [-0.15, -0.1) is 0 Å². The Kier molecular flexibility index (Phi) is 5.28. The molecule has 5 rings (SSSR count). The van der Waals surface area contributed by atoms with E-state index in [0.717, 1.165) is 76.8 Å². The molecule has 7 heteroatoms. The van der Waals surface area contributed by atoms with E-state index in [4.69, 9.17) is 4.74 Å². The van der Waals surface area contributed by atoms with Crippen molar-refractivity contribution in [1.29, 1.82) is 0 Å². The zero-order valence-corrected chi connectivity index (χ0v) is 17.3. The van der Waals surface area contributed by atoms with Crippen LogP contribution in [-0.2, 0) is 31.4 Å². The first-order chi connectivity index (χ1) is 14.2. The molecule has 156 valence electrons. The molecule has 2 aromatic heterocycles. The highest BCUT2D eigenvalue weighted by Gasteiger charge is 2.35. The molecule has 3 aliphatic heterocycles. The molecule has 2 aromatic rings. The lowest BCUT2D eigenvalue weighted by molar-refractivity contribution is 0.111. The molecule has 2 fully saturated rings. The van der Waals surface area contributed by atoms with E-state index in [-0.39, 0.29) is 5.56 Å². The Morgan fingerprint density at radius 3 is 2.90 bits per heavy atom. The number of likely N-dealkylation sites (tertiary alicyclic amines) is 1. The third-order valence-corrected chi connectivity index (χ3v) is 6.75. The van der Waals surface area contributed by atoms with Gasteiger partial charge >= 0.3 is 0 Å². The predicted octanol–water partition coefficient (Wildman–Crippen LogP) is 1.42. The molecule has 0 aliphatic carbocycles. The monoisotopic (exact) mass is 397 g/mol. The number of hydrogen-bond donors (Lipinski definition) is 0. The van der Waals surface area contributed by atoms with Crippen molar-refractivity contribution in [2.24, 2.45) is 13.0 Å². The van der Waals surface area contributed by atoms with Crippen LogP contribution in [0.1, 0.15) is 35.8 Å². The number of fused-ring (bicyclic) bond motifs is 4. The van der Waals surface area contributed by atoms with Gasteiger partial charge in [0.25, 0.3) is 5.56 Å². The quantitative estimate of drug-likeness (QED) is 0.781. The fraction of sp³-hybridized carbons (Fsp3) is 0.636. The third kappa shape index (κ3) is 3.91. The van der Waals surface area contributed by atoms with E-state index in [1.807, 2.05) is 12.4 Å². The SMILES string of the molecule is Cn1ccnc1CN1C[C@@H]2C[C@H](C1)c1ccc(CN3CCCOCC3)c(=O)n1C2. The Labute approximate surface area is 171 Å². The fourth-order valence-electron chi connectivity index (χ4n) is 5.29. The second-order valence-corrected chi connectivity index (χ2v) is 8.89. The maximum absolute atomic E-state index is 13.3. The van der Waals surface area contributed by atoms with Crippen molar-refractivity contribution in [2.75, 3.05) is 39.4 Å². The van der Waals surface area contributed by atoms with Gasteiger partial charge in [-0.3, -0.25) is 14.6 Å². The highest BCUT2D eigenvalue weighted by Crippen LogP contribution is 2.35. The topological polar surface area (TPSA) is 55.5 Å². The van der Waals surface area contributed by atoms with Crippen LogP contribution in [0.25, 0.3) is 0 Å². The van der Waals surface area contributed by atoms with Crippen molar-refractivity contribution in [3.8, 4) is 0 Å². The normalized spacial score (nSPS) is 25.6. The Bertz CT molecular complexity index is 912. The Hall–Kier alpha value is -1.96. The molecule has 2 bridgehead atoms. The largest absolute Gasteiger partial charge is 0.380 e. The van der Waals surface area contributed by atoms with Crippen LogP contribution in [0.2, 0.25) is 0 Å². The molecule has 5 heterocycles. The van der Waals surface area contributed by atoms with Gasteiger partial charge in [0.2, 0.25) is 0 Å². The maximum Gasteiger partial charge on any atom is 0.255 e. The van der Waals surface area contributed by atoms with Crippen molar-refractivity contribution >= 4 is 0 Å². The van der Waals surface area contributed by atoms with E-state index in [1.165, 1.54) is 12.1 Å². The lowest BCUT2D eigenvalue weighted by Gasteiger charge is -2.42. The van der Waals surface area contributed by atoms with Crippen molar-refractivity contribution in [1.82, 2.24) is 23.9 Å². The van der Waals surface area contributed by atoms with Gasteiger partial charge in [0.1, 0.15) is 5.82 Å². The number of piperidine rings is 1. The molecule has 0 aromatic carbocycles. The summed E-state index contributed by atoms with van der Waals surface area (Å²) in [7, 11) is 2.06. The minimum atomic E-state index is 0.222. The van der Waals surface area contributed by atoms with Gasteiger partial charge in [-0.05, 0) is 24.8 Å². The molecule has 0 spiro atoms. The van der Waals surface area contributed by atoms with Crippen molar-refractivity contribution in [3.63, 3.8) is 0 Å². The molecule has 0 radical (unpaired) electrons. The summed E-state index contributed by atoms with van der Waals surface area (Å²) in [6.45, 7) is 8.04. The predicted molar refractivity (Wildman–Crippen MR) is 111 cm³/mol. The summed E-state index contributed by atoms with van der Waals surface area (Å²) in [4.78, 5) is 22.6. The fourth-order valence-corrected chi connectivity index (χ4v) is 5.29.